The number of carbonyl (C=O) groups is 5. The summed E-state index contributed by atoms with van der Waals surface area (Å²) >= 11 is 0. The number of nitrogens with two attached hydrogens (primary N) is 1. The molecule has 1 aliphatic rings. The molecule has 2 heterocycles. The van der Waals surface area contributed by atoms with Crippen molar-refractivity contribution in [1.82, 2.24) is 26.3 Å². The van der Waals surface area contributed by atoms with Gasteiger partial charge in [0.2, 0.25) is 29.5 Å². The zero-order chi connectivity index (χ0) is 47.2. The molecule has 20 heteroatoms. The third kappa shape index (κ3) is 13.4. The number of pyridine rings is 1. The zero-order valence-electron chi connectivity index (χ0n) is 36.7. The molecule has 9 N–H and O–H groups in total. The van der Waals surface area contributed by atoms with Crippen molar-refractivity contribution in [2.24, 2.45) is 11.7 Å². The Morgan fingerprint density at radius 1 is 0.923 bits per heavy atom. The molecule has 1 aliphatic heterocycles. The molecule has 0 saturated carbocycles. The molecular weight excluding hydrogens is 845 g/mol. The molecule has 1 aromatic heterocycles. The van der Waals surface area contributed by atoms with Gasteiger partial charge < -0.3 is 56.7 Å². The summed E-state index contributed by atoms with van der Waals surface area (Å²) in [6.07, 6.45) is -5.64. The van der Waals surface area contributed by atoms with Crippen LogP contribution in [-0.2, 0) is 44.8 Å². The molecule has 3 aromatic carbocycles. The highest BCUT2D eigenvalue weighted by Gasteiger charge is 2.48. The second-order valence-electron chi connectivity index (χ2n) is 16.1. The van der Waals surface area contributed by atoms with Gasteiger partial charge in [-0.15, -0.1) is 0 Å². The number of rotatable bonds is 23. The van der Waals surface area contributed by atoms with E-state index in [9.17, 15) is 44.3 Å². The second-order valence-corrected chi connectivity index (χ2v) is 16.1. The fraction of sp³-hybridized carbons (Fsp3) is 0.467. The van der Waals surface area contributed by atoms with E-state index in [1.54, 1.807) is 26.0 Å². The van der Waals surface area contributed by atoms with Crippen LogP contribution in [0.3, 0.4) is 0 Å². The van der Waals surface area contributed by atoms with E-state index >= 15 is 0 Å². The van der Waals surface area contributed by atoms with E-state index in [2.05, 4.69) is 31.6 Å². The standard InChI is InChI=1S/C45H58N8O12/c1-25(2)37(52-43(59)26(3)64-41-39(49-27(4)55)45(65-34(23-54)40(41)57)63-24-28-13-6-5-7-14-28)44(60)51-32(42(46)58)19-20-35(56)47-21-10-11-22-48-38-29-15-8-9-16-30(29)50-31-17-12-18-33(36(31)38)53(61)62/h5-9,12-18,25-26,32,34,37,39-41,45,54,57H,10-11,19-24H2,1-4H3,(H2,46,58)(H,47,56)(H,48,50)(H,49,55)(H,51,60)(H,52,59)/t26?,32-,34+,37+,39+,40-,41-,45-/m1/s1. The van der Waals surface area contributed by atoms with Crippen molar-refractivity contribution in [1.29, 1.82) is 0 Å². The number of hydrogen-bond acceptors (Lipinski definition) is 14. The van der Waals surface area contributed by atoms with Crippen LogP contribution in [-0.4, -0.2) is 118 Å². The maximum absolute atomic E-state index is 13.6. The Morgan fingerprint density at radius 3 is 2.29 bits per heavy atom. The summed E-state index contributed by atoms with van der Waals surface area (Å²) in [5.41, 5.74) is 8.13. The lowest BCUT2D eigenvalue weighted by Crippen LogP contribution is -2.66. The first-order chi connectivity index (χ1) is 31.1. The minimum absolute atomic E-state index is 0.0571. The lowest BCUT2D eigenvalue weighted by molar-refractivity contribution is -0.383. The number of nitro groups is 1. The number of non-ortho nitro benzene ring substituents is 1. The van der Waals surface area contributed by atoms with Gasteiger partial charge in [-0.25, -0.2) is 4.98 Å². The second kappa shape index (κ2) is 23.6. The van der Waals surface area contributed by atoms with Crippen molar-refractivity contribution < 1.29 is 53.3 Å². The number of carbonyl (C=O) groups excluding carboxylic acids is 5. The number of para-hydroxylation sites is 1. The predicted molar refractivity (Wildman–Crippen MR) is 239 cm³/mol. The van der Waals surface area contributed by atoms with E-state index < -0.39 is 89.9 Å². The van der Waals surface area contributed by atoms with Crippen LogP contribution in [0.1, 0.15) is 58.9 Å². The minimum Gasteiger partial charge on any atom is -0.394 e. The largest absolute Gasteiger partial charge is 0.394 e. The number of nitrogens with zero attached hydrogens (tertiary/aromatic N) is 2. The number of ether oxygens (including phenoxy) is 3. The van der Waals surface area contributed by atoms with Gasteiger partial charge in [0.05, 0.1) is 34.9 Å². The summed E-state index contributed by atoms with van der Waals surface area (Å²) in [5.74, 6) is -3.79. The molecule has 65 heavy (non-hydrogen) atoms. The topological polar surface area (TPSA) is 296 Å². The van der Waals surface area contributed by atoms with Crippen LogP contribution in [0.5, 0.6) is 0 Å². The van der Waals surface area contributed by atoms with Gasteiger partial charge in [0.25, 0.3) is 5.69 Å². The number of fused-ring (bicyclic) bond motifs is 2. The molecule has 1 unspecified atom stereocenters. The number of hydrogen-bond donors (Lipinski definition) is 8. The molecule has 5 amide bonds. The van der Waals surface area contributed by atoms with E-state index in [0.717, 1.165) is 10.9 Å². The quantitative estimate of drug-likeness (QED) is 0.0229. The van der Waals surface area contributed by atoms with Crippen LogP contribution < -0.4 is 32.3 Å². The first-order valence-corrected chi connectivity index (χ1v) is 21.5. The van der Waals surface area contributed by atoms with Gasteiger partial charge >= 0.3 is 0 Å². The monoisotopic (exact) mass is 902 g/mol. The number of nitrogens with one attached hydrogen (secondary N) is 5. The molecule has 0 bridgehead atoms. The highest BCUT2D eigenvalue weighted by molar-refractivity contribution is 6.11. The molecule has 1 saturated heterocycles. The van der Waals surface area contributed by atoms with Crippen LogP contribution in [0, 0.1) is 16.0 Å². The SMILES string of the molecule is CC(=O)N[C@@H]1[C@H](OCc2ccccc2)O[C@@H](CO)[C@@H](O)[C@@H]1OC(C)C(=O)N[C@H](C(=O)N[C@H](CCC(=O)NCCCCNc1c2ccccc2nc2cccc([N+](=O)[O-])c12)C(N)=O)C(C)C. The number of nitro benzene ring substituents is 1. The van der Waals surface area contributed by atoms with Crippen molar-refractivity contribution in [2.45, 2.75) is 109 Å². The molecule has 1 fully saturated rings. The third-order valence-electron chi connectivity index (χ3n) is 10.9. The average Bonchev–Trinajstić information content (AvgIpc) is 3.28. The number of anilines is 1. The third-order valence-corrected chi connectivity index (χ3v) is 10.9. The Hall–Kier alpha value is -6.32. The Kier molecular flexibility index (Phi) is 18.0. The molecule has 4 aromatic rings. The van der Waals surface area contributed by atoms with Gasteiger partial charge in [-0.05, 0) is 49.8 Å². The van der Waals surface area contributed by atoms with E-state index in [-0.39, 0.29) is 31.0 Å². The minimum atomic E-state index is -1.51. The maximum Gasteiger partial charge on any atom is 0.280 e. The average molecular weight is 903 g/mol. The van der Waals surface area contributed by atoms with Gasteiger partial charge in [-0.1, -0.05) is 68.4 Å². The summed E-state index contributed by atoms with van der Waals surface area (Å²) in [7, 11) is 0. The van der Waals surface area contributed by atoms with Crippen molar-refractivity contribution in [3.8, 4) is 0 Å². The van der Waals surface area contributed by atoms with E-state index in [4.69, 9.17) is 19.9 Å². The number of aromatic nitrogens is 1. The fourth-order valence-electron chi connectivity index (χ4n) is 7.48. The van der Waals surface area contributed by atoms with Gasteiger partial charge in [-0.2, -0.15) is 0 Å². The van der Waals surface area contributed by atoms with Crippen molar-refractivity contribution in [2.75, 3.05) is 25.0 Å². The van der Waals surface area contributed by atoms with E-state index in [1.807, 2.05) is 54.6 Å². The van der Waals surface area contributed by atoms with Crippen LogP contribution in [0.25, 0.3) is 21.8 Å². The number of aliphatic hydroxyl groups excluding tert-OH is 2. The van der Waals surface area contributed by atoms with Crippen LogP contribution in [0.4, 0.5) is 11.4 Å². The first kappa shape index (κ1) is 49.7. The molecular formula is C45H58N8O12. The molecule has 0 aliphatic carbocycles. The smallest absolute Gasteiger partial charge is 0.280 e. The summed E-state index contributed by atoms with van der Waals surface area (Å²) < 4.78 is 17.8. The highest BCUT2D eigenvalue weighted by Crippen LogP contribution is 2.36. The highest BCUT2D eigenvalue weighted by atomic mass is 16.7. The van der Waals surface area contributed by atoms with Crippen molar-refractivity contribution in [3.63, 3.8) is 0 Å². The Bertz CT molecular complexity index is 2300. The van der Waals surface area contributed by atoms with Gasteiger partial charge in [0.15, 0.2) is 6.29 Å². The van der Waals surface area contributed by atoms with E-state index in [1.165, 1.54) is 19.9 Å². The lowest BCUT2D eigenvalue weighted by Gasteiger charge is -2.44. The summed E-state index contributed by atoms with van der Waals surface area (Å²) in [5, 5.41) is 48.1. The molecule has 8 atom stereocenters. The number of unbranched alkanes of at least 4 members (excludes halogenated alkanes) is 1. The molecule has 350 valence electrons. The van der Waals surface area contributed by atoms with Gasteiger partial charge in [0.1, 0.15) is 47.9 Å². The number of benzene rings is 3. The molecule has 0 radical (unpaired) electrons. The predicted octanol–water partition coefficient (Wildman–Crippen LogP) is 2.07. The summed E-state index contributed by atoms with van der Waals surface area (Å²) in [4.78, 5) is 80.6. The molecule has 0 spiro atoms. The zero-order valence-corrected chi connectivity index (χ0v) is 36.7. The first-order valence-electron chi connectivity index (χ1n) is 21.5. The fourth-order valence-corrected chi connectivity index (χ4v) is 7.48. The number of primary amides is 1. The Labute approximate surface area is 375 Å². The van der Waals surface area contributed by atoms with Crippen molar-refractivity contribution >= 4 is 62.7 Å². The van der Waals surface area contributed by atoms with E-state index in [0.29, 0.717) is 48.0 Å². The number of aliphatic hydroxyl groups is 2. The molecule has 20 nitrogen and oxygen atoms in total. The van der Waals surface area contributed by atoms with Crippen LogP contribution >= 0.6 is 0 Å². The normalized spacial score (nSPS) is 19.8. The Morgan fingerprint density at radius 2 is 1.62 bits per heavy atom. The molecule has 5 rings (SSSR count). The van der Waals surface area contributed by atoms with Gasteiger partial charge in [0, 0.05) is 37.9 Å². The summed E-state index contributed by atoms with van der Waals surface area (Å²) in [6, 6.07) is 17.7. The number of amides is 5. The maximum atomic E-state index is 13.6. The van der Waals surface area contributed by atoms with Crippen LogP contribution in [0.2, 0.25) is 0 Å². The Balaban J connectivity index is 1.11. The lowest BCUT2D eigenvalue weighted by atomic mass is 9.96. The summed E-state index contributed by atoms with van der Waals surface area (Å²) in [6.45, 7) is 6.13. The van der Waals surface area contributed by atoms with Gasteiger partial charge in [-0.3, -0.25) is 34.1 Å². The van der Waals surface area contributed by atoms with Crippen LogP contribution in [0.15, 0.2) is 72.8 Å². The van der Waals surface area contributed by atoms with Crippen molar-refractivity contribution in [3.05, 3.63) is 88.5 Å².